The average molecular weight is 256 g/mol. The number of aliphatic hydroxyl groups is 1. The summed E-state index contributed by atoms with van der Waals surface area (Å²) in [4.78, 5) is 10.6. The minimum absolute atomic E-state index is 0.372. The Morgan fingerprint density at radius 1 is 1.17 bits per heavy atom. The fraction of sp³-hybridized carbons (Fsp3) is 0.417. The van der Waals surface area contributed by atoms with Crippen LogP contribution in [0, 0.1) is 0 Å². The van der Waals surface area contributed by atoms with Gasteiger partial charge in [0.1, 0.15) is 0 Å². The number of carboxylic acids is 1. The molecule has 0 amide bonds. The molecule has 1 rings (SSSR count). The Morgan fingerprint density at radius 2 is 1.67 bits per heavy atom. The molecule has 0 radical (unpaired) electrons. The van der Waals surface area contributed by atoms with Crippen molar-refractivity contribution in [2.24, 2.45) is 0 Å². The summed E-state index contributed by atoms with van der Waals surface area (Å²) in [6, 6.07) is 3.05. The Kier molecular flexibility index (Phi) is 4.79. The van der Waals surface area contributed by atoms with E-state index in [1.807, 2.05) is 0 Å². The number of carbonyl (C=O) groups is 1. The molecule has 0 aliphatic rings. The first kappa shape index (κ1) is 14.1. The maximum atomic E-state index is 10.6. The lowest BCUT2D eigenvalue weighted by Gasteiger charge is -2.16. The molecule has 0 spiro atoms. The molecule has 0 bridgehead atoms. The van der Waals surface area contributed by atoms with E-state index in [2.05, 4.69) is 0 Å². The van der Waals surface area contributed by atoms with Crippen molar-refractivity contribution >= 4 is 5.97 Å². The largest absolute Gasteiger partial charge is 0.493 e. The van der Waals surface area contributed by atoms with E-state index in [4.69, 9.17) is 19.3 Å². The first-order valence-electron chi connectivity index (χ1n) is 5.23. The maximum absolute atomic E-state index is 10.6. The maximum Gasteiger partial charge on any atom is 0.306 e. The van der Waals surface area contributed by atoms with Gasteiger partial charge in [-0.3, -0.25) is 4.79 Å². The van der Waals surface area contributed by atoms with E-state index in [9.17, 15) is 9.90 Å². The average Bonchev–Trinajstić information content (AvgIpc) is 2.35. The van der Waals surface area contributed by atoms with Gasteiger partial charge in [0.2, 0.25) is 5.75 Å². The smallest absolute Gasteiger partial charge is 0.306 e. The second kappa shape index (κ2) is 6.11. The van der Waals surface area contributed by atoms with Gasteiger partial charge in [-0.25, -0.2) is 0 Å². The van der Waals surface area contributed by atoms with Gasteiger partial charge >= 0.3 is 5.97 Å². The van der Waals surface area contributed by atoms with Crippen molar-refractivity contribution in [2.45, 2.75) is 12.5 Å². The van der Waals surface area contributed by atoms with Gasteiger partial charge in [-0.05, 0) is 17.7 Å². The number of aliphatic carboxylic acids is 1. The Labute approximate surface area is 105 Å². The van der Waals surface area contributed by atoms with E-state index in [1.54, 1.807) is 0 Å². The number of benzene rings is 1. The number of hydrogen-bond donors (Lipinski definition) is 2. The molecule has 1 aromatic carbocycles. The lowest BCUT2D eigenvalue weighted by molar-refractivity contribution is -0.139. The highest BCUT2D eigenvalue weighted by molar-refractivity contribution is 5.68. The summed E-state index contributed by atoms with van der Waals surface area (Å²) in [7, 11) is 4.36. The van der Waals surface area contributed by atoms with E-state index >= 15 is 0 Å². The van der Waals surface area contributed by atoms with Crippen LogP contribution in [0.15, 0.2) is 12.1 Å². The fourth-order valence-corrected chi connectivity index (χ4v) is 1.58. The highest BCUT2D eigenvalue weighted by Gasteiger charge is 2.18. The van der Waals surface area contributed by atoms with Crippen LogP contribution in [0.1, 0.15) is 18.1 Å². The summed E-state index contributed by atoms with van der Waals surface area (Å²) >= 11 is 0. The third-order valence-corrected chi connectivity index (χ3v) is 2.44. The molecule has 0 saturated carbocycles. The van der Waals surface area contributed by atoms with Crippen LogP contribution in [-0.2, 0) is 4.79 Å². The molecule has 2 N–H and O–H groups in total. The lowest BCUT2D eigenvalue weighted by Crippen LogP contribution is -2.06. The number of hydrogen-bond acceptors (Lipinski definition) is 5. The van der Waals surface area contributed by atoms with Crippen molar-refractivity contribution in [2.75, 3.05) is 21.3 Å². The number of ether oxygens (including phenoxy) is 3. The zero-order chi connectivity index (χ0) is 13.7. The molecule has 0 fully saturated rings. The van der Waals surface area contributed by atoms with Crippen LogP contribution in [0.4, 0.5) is 0 Å². The summed E-state index contributed by atoms with van der Waals surface area (Å²) in [6.07, 6.45) is -1.52. The SMILES string of the molecule is COc1cc(C(O)CC(=O)O)cc(OC)c1OC. The molecule has 1 unspecified atom stereocenters. The van der Waals surface area contributed by atoms with Gasteiger partial charge in [0.05, 0.1) is 33.9 Å². The minimum atomic E-state index is -1.13. The molecular formula is C12H16O6. The van der Waals surface area contributed by atoms with Gasteiger partial charge in [-0.1, -0.05) is 0 Å². The standard InChI is InChI=1S/C12H16O6/c1-16-9-4-7(8(13)6-11(14)15)5-10(17-2)12(9)18-3/h4-5,8,13H,6H2,1-3H3,(H,14,15). The van der Waals surface area contributed by atoms with Crippen molar-refractivity contribution in [3.63, 3.8) is 0 Å². The number of methoxy groups -OCH3 is 3. The Morgan fingerprint density at radius 3 is 2.00 bits per heavy atom. The summed E-state index contributed by atoms with van der Waals surface area (Å²) in [6.45, 7) is 0. The van der Waals surface area contributed by atoms with Crippen LogP contribution >= 0.6 is 0 Å². The quantitative estimate of drug-likeness (QED) is 0.796. The fourth-order valence-electron chi connectivity index (χ4n) is 1.58. The second-order valence-corrected chi connectivity index (χ2v) is 3.57. The van der Waals surface area contributed by atoms with Crippen molar-refractivity contribution in [3.05, 3.63) is 17.7 Å². The van der Waals surface area contributed by atoms with Gasteiger partial charge in [0.25, 0.3) is 0 Å². The summed E-state index contributed by atoms with van der Waals surface area (Å²) in [5, 5.41) is 18.4. The first-order chi connectivity index (χ1) is 8.53. The van der Waals surface area contributed by atoms with Gasteiger partial charge in [0, 0.05) is 0 Å². The second-order valence-electron chi connectivity index (χ2n) is 3.57. The van der Waals surface area contributed by atoms with Crippen molar-refractivity contribution in [1.82, 2.24) is 0 Å². The van der Waals surface area contributed by atoms with E-state index in [-0.39, 0.29) is 0 Å². The normalized spacial score (nSPS) is 11.8. The lowest BCUT2D eigenvalue weighted by atomic mass is 10.1. The molecule has 0 heterocycles. The van der Waals surface area contributed by atoms with Crippen LogP contribution in [0.2, 0.25) is 0 Å². The van der Waals surface area contributed by atoms with E-state index in [0.717, 1.165) is 0 Å². The highest BCUT2D eigenvalue weighted by atomic mass is 16.5. The van der Waals surface area contributed by atoms with Gasteiger partial charge in [-0.15, -0.1) is 0 Å². The van der Waals surface area contributed by atoms with Crippen molar-refractivity contribution in [3.8, 4) is 17.2 Å². The topological polar surface area (TPSA) is 85.2 Å². The monoisotopic (exact) mass is 256 g/mol. The zero-order valence-corrected chi connectivity index (χ0v) is 10.5. The Balaban J connectivity index is 3.18. The molecule has 6 heteroatoms. The molecular weight excluding hydrogens is 240 g/mol. The van der Waals surface area contributed by atoms with Crippen LogP contribution in [0.3, 0.4) is 0 Å². The molecule has 100 valence electrons. The minimum Gasteiger partial charge on any atom is -0.493 e. The van der Waals surface area contributed by atoms with Crippen LogP contribution in [0.25, 0.3) is 0 Å². The number of carboxylic acid groups (broad SMARTS) is 1. The van der Waals surface area contributed by atoms with Crippen LogP contribution in [0.5, 0.6) is 17.2 Å². The first-order valence-corrected chi connectivity index (χ1v) is 5.23. The Hall–Kier alpha value is -1.95. The molecule has 0 aliphatic carbocycles. The van der Waals surface area contributed by atoms with E-state index < -0.39 is 18.5 Å². The summed E-state index contributed by atoms with van der Waals surface area (Å²) < 4.78 is 15.3. The predicted octanol–water partition coefficient (Wildman–Crippen LogP) is 1.22. The summed E-state index contributed by atoms with van der Waals surface area (Å²) in [5.74, 6) is 0.0510. The number of aliphatic hydroxyl groups excluding tert-OH is 1. The molecule has 0 aliphatic heterocycles. The van der Waals surface area contributed by atoms with E-state index in [1.165, 1.54) is 33.5 Å². The predicted molar refractivity (Wildman–Crippen MR) is 63.3 cm³/mol. The van der Waals surface area contributed by atoms with Crippen molar-refractivity contribution < 1.29 is 29.2 Å². The van der Waals surface area contributed by atoms with Gasteiger partial charge in [-0.2, -0.15) is 0 Å². The molecule has 1 aromatic rings. The summed E-state index contributed by atoms with van der Waals surface area (Å²) in [5.41, 5.74) is 0.395. The zero-order valence-electron chi connectivity index (χ0n) is 10.5. The third kappa shape index (κ3) is 3.04. The molecule has 18 heavy (non-hydrogen) atoms. The van der Waals surface area contributed by atoms with Crippen LogP contribution in [-0.4, -0.2) is 37.5 Å². The molecule has 6 nitrogen and oxygen atoms in total. The Bertz CT molecular complexity index is 404. The van der Waals surface area contributed by atoms with Gasteiger partial charge in [0.15, 0.2) is 11.5 Å². The van der Waals surface area contributed by atoms with Crippen molar-refractivity contribution in [1.29, 1.82) is 0 Å². The van der Waals surface area contributed by atoms with E-state index in [0.29, 0.717) is 22.8 Å². The molecule has 1 atom stereocenters. The van der Waals surface area contributed by atoms with Gasteiger partial charge < -0.3 is 24.4 Å². The highest BCUT2D eigenvalue weighted by Crippen LogP contribution is 2.40. The third-order valence-electron chi connectivity index (χ3n) is 2.44. The molecule has 0 aromatic heterocycles. The molecule has 0 saturated heterocycles. The number of rotatable bonds is 6. The van der Waals surface area contributed by atoms with Crippen LogP contribution < -0.4 is 14.2 Å².